The zero-order valence-corrected chi connectivity index (χ0v) is 18.5. The third-order valence-electron chi connectivity index (χ3n) is 5.89. The Labute approximate surface area is 189 Å². The van der Waals surface area contributed by atoms with Crippen LogP contribution in [0.3, 0.4) is 0 Å². The minimum atomic E-state index is -0.113. The minimum absolute atomic E-state index is 0.0772. The number of amides is 1. The molecule has 31 heavy (non-hydrogen) atoms. The molecule has 5 rings (SSSR count). The van der Waals surface area contributed by atoms with Gasteiger partial charge in [0.1, 0.15) is 17.5 Å². The first-order valence-corrected chi connectivity index (χ1v) is 11.8. The van der Waals surface area contributed by atoms with E-state index in [4.69, 9.17) is 21.7 Å². The van der Waals surface area contributed by atoms with Gasteiger partial charge in [0.15, 0.2) is 11.5 Å². The van der Waals surface area contributed by atoms with Crippen molar-refractivity contribution in [3.05, 3.63) is 52.4 Å². The van der Waals surface area contributed by atoms with Gasteiger partial charge in [-0.25, -0.2) is 0 Å². The number of thiocarbonyl (C=S) groups is 1. The van der Waals surface area contributed by atoms with E-state index in [0.29, 0.717) is 42.2 Å². The van der Waals surface area contributed by atoms with Crippen molar-refractivity contribution in [3.8, 4) is 11.5 Å². The highest BCUT2D eigenvalue weighted by molar-refractivity contribution is 8.23. The Morgan fingerprint density at radius 1 is 1.13 bits per heavy atom. The van der Waals surface area contributed by atoms with E-state index in [-0.39, 0.29) is 17.2 Å². The van der Waals surface area contributed by atoms with Crippen molar-refractivity contribution >= 4 is 39.9 Å². The van der Waals surface area contributed by atoms with Crippen LogP contribution in [0.5, 0.6) is 11.5 Å². The van der Waals surface area contributed by atoms with Gasteiger partial charge in [-0.2, -0.15) is 0 Å². The first kappa shape index (κ1) is 20.4. The summed E-state index contributed by atoms with van der Waals surface area (Å²) in [6, 6.07) is 10.9. The van der Waals surface area contributed by atoms with Gasteiger partial charge in [-0.15, -0.1) is 0 Å². The maximum atomic E-state index is 12.4. The van der Waals surface area contributed by atoms with Gasteiger partial charge in [-0.1, -0.05) is 30.0 Å². The zero-order chi connectivity index (χ0) is 21.4. The van der Waals surface area contributed by atoms with E-state index in [1.807, 2.05) is 16.7 Å². The van der Waals surface area contributed by atoms with Gasteiger partial charge in [0.25, 0.3) is 5.56 Å². The third-order valence-corrected chi connectivity index (χ3v) is 7.41. The SMILES string of the molecule is O=C(CSC(=S)N1CC2CC(C1)c1cccc(=O)n1C2)Nc1ccc2c(c1)OCCO2. The van der Waals surface area contributed by atoms with Gasteiger partial charge in [0.2, 0.25) is 5.91 Å². The molecule has 2 unspecified atom stereocenters. The normalized spacial score (nSPS) is 21.2. The number of pyridine rings is 1. The number of ether oxygens (including phenoxy) is 2. The van der Waals surface area contributed by atoms with Gasteiger partial charge < -0.3 is 24.3 Å². The number of rotatable bonds is 3. The Balaban J connectivity index is 1.17. The van der Waals surface area contributed by atoms with Gasteiger partial charge in [-0.05, 0) is 30.5 Å². The van der Waals surface area contributed by atoms with Crippen molar-refractivity contribution in [2.75, 3.05) is 37.4 Å². The van der Waals surface area contributed by atoms with Crippen LogP contribution < -0.4 is 20.3 Å². The first-order chi connectivity index (χ1) is 15.1. The zero-order valence-electron chi connectivity index (χ0n) is 16.9. The minimum Gasteiger partial charge on any atom is -0.486 e. The Bertz CT molecular complexity index is 1090. The number of nitrogens with zero attached hydrogens (tertiary/aromatic N) is 2. The standard InChI is InChI=1S/C22H23N3O4S2/c26-20(23-16-4-5-18-19(9-16)29-7-6-28-18)13-31-22(30)24-10-14-8-15(12-24)17-2-1-3-21(27)25(17)11-14/h1-5,9,14-15H,6-8,10-13H2,(H,23,26). The van der Waals surface area contributed by atoms with E-state index in [1.54, 1.807) is 24.3 Å². The molecule has 162 valence electrons. The summed E-state index contributed by atoms with van der Waals surface area (Å²) in [4.78, 5) is 26.8. The summed E-state index contributed by atoms with van der Waals surface area (Å²) >= 11 is 7.03. The maximum Gasteiger partial charge on any atom is 0.250 e. The summed E-state index contributed by atoms with van der Waals surface area (Å²) in [5.41, 5.74) is 1.85. The number of hydrogen-bond donors (Lipinski definition) is 1. The summed E-state index contributed by atoms with van der Waals surface area (Å²) in [5, 5.41) is 2.90. The summed E-state index contributed by atoms with van der Waals surface area (Å²) in [6.07, 6.45) is 1.08. The second-order valence-electron chi connectivity index (χ2n) is 8.06. The van der Waals surface area contributed by atoms with Gasteiger partial charge in [-0.3, -0.25) is 9.59 Å². The van der Waals surface area contributed by atoms with Crippen molar-refractivity contribution in [2.45, 2.75) is 18.9 Å². The average Bonchev–Trinajstić information content (AvgIpc) is 2.78. The average molecular weight is 458 g/mol. The first-order valence-electron chi connectivity index (χ1n) is 10.4. The number of benzene rings is 1. The number of likely N-dealkylation sites (tertiary alicyclic amines) is 1. The molecule has 9 heteroatoms. The largest absolute Gasteiger partial charge is 0.486 e. The van der Waals surface area contributed by atoms with Crippen LogP contribution in [0.1, 0.15) is 18.0 Å². The molecule has 0 aliphatic carbocycles. The molecule has 7 nitrogen and oxygen atoms in total. The molecule has 1 amide bonds. The van der Waals surface area contributed by atoms with Crippen molar-refractivity contribution in [1.82, 2.24) is 9.47 Å². The molecule has 3 aliphatic rings. The van der Waals surface area contributed by atoms with Crippen LogP contribution in [0.25, 0.3) is 0 Å². The highest BCUT2D eigenvalue weighted by atomic mass is 32.2. The second kappa shape index (κ2) is 8.55. The van der Waals surface area contributed by atoms with E-state index in [9.17, 15) is 9.59 Å². The van der Waals surface area contributed by atoms with Crippen LogP contribution in [0.2, 0.25) is 0 Å². The number of fused-ring (bicyclic) bond motifs is 5. The molecule has 2 aromatic rings. The van der Waals surface area contributed by atoms with Crippen molar-refractivity contribution < 1.29 is 14.3 Å². The van der Waals surface area contributed by atoms with Crippen molar-refractivity contribution in [2.24, 2.45) is 5.92 Å². The second-order valence-corrected chi connectivity index (χ2v) is 9.67. The topological polar surface area (TPSA) is 72.8 Å². The molecule has 0 spiro atoms. The number of carbonyl (C=O) groups is 1. The third kappa shape index (κ3) is 4.29. The molecule has 1 fully saturated rings. The monoisotopic (exact) mass is 457 g/mol. The Kier molecular flexibility index (Phi) is 5.62. The summed E-state index contributed by atoms with van der Waals surface area (Å²) < 4.78 is 13.7. The number of anilines is 1. The molecule has 1 saturated heterocycles. The quantitative estimate of drug-likeness (QED) is 0.711. The number of carbonyl (C=O) groups excluding carboxylic acids is 1. The summed E-state index contributed by atoms with van der Waals surface area (Å²) in [7, 11) is 0. The smallest absolute Gasteiger partial charge is 0.250 e. The van der Waals surface area contributed by atoms with Gasteiger partial charge >= 0.3 is 0 Å². The molecule has 1 aromatic heterocycles. The molecule has 0 radical (unpaired) electrons. The Hall–Kier alpha value is -2.52. The van der Waals surface area contributed by atoms with Gasteiger partial charge in [0.05, 0.1) is 5.75 Å². The number of thioether (sulfide) groups is 1. The highest BCUT2D eigenvalue weighted by Crippen LogP contribution is 2.36. The summed E-state index contributed by atoms with van der Waals surface area (Å²) in [6.45, 7) is 3.39. The van der Waals surface area contributed by atoms with E-state index in [1.165, 1.54) is 11.8 Å². The van der Waals surface area contributed by atoms with Crippen LogP contribution in [-0.4, -0.2) is 51.8 Å². The molecule has 4 heterocycles. The summed E-state index contributed by atoms with van der Waals surface area (Å²) in [5.74, 6) is 2.17. The lowest BCUT2D eigenvalue weighted by Gasteiger charge is -2.43. The lowest BCUT2D eigenvalue weighted by Crippen LogP contribution is -2.48. The lowest BCUT2D eigenvalue weighted by atomic mass is 9.83. The predicted octanol–water partition coefficient (Wildman–Crippen LogP) is 2.70. The fraction of sp³-hybridized carbons (Fsp3) is 0.409. The number of hydrogen-bond acceptors (Lipinski definition) is 6. The van der Waals surface area contributed by atoms with E-state index in [2.05, 4.69) is 10.2 Å². The molecule has 1 aromatic carbocycles. The fourth-order valence-electron chi connectivity index (χ4n) is 4.58. The van der Waals surface area contributed by atoms with Crippen LogP contribution in [0, 0.1) is 5.92 Å². The molecule has 1 N–H and O–H groups in total. The van der Waals surface area contributed by atoms with E-state index >= 15 is 0 Å². The molecular formula is C22H23N3O4S2. The van der Waals surface area contributed by atoms with Crippen molar-refractivity contribution in [1.29, 1.82) is 0 Å². The maximum absolute atomic E-state index is 12.4. The predicted molar refractivity (Wildman–Crippen MR) is 124 cm³/mol. The highest BCUT2D eigenvalue weighted by Gasteiger charge is 2.35. The van der Waals surface area contributed by atoms with Crippen LogP contribution in [-0.2, 0) is 11.3 Å². The molecule has 2 atom stereocenters. The van der Waals surface area contributed by atoms with E-state index < -0.39 is 0 Å². The Morgan fingerprint density at radius 2 is 1.97 bits per heavy atom. The van der Waals surface area contributed by atoms with Crippen LogP contribution in [0.4, 0.5) is 5.69 Å². The Morgan fingerprint density at radius 3 is 2.84 bits per heavy atom. The number of nitrogens with one attached hydrogen (secondary N) is 1. The number of piperidine rings is 1. The molecule has 2 bridgehead atoms. The van der Waals surface area contributed by atoms with Gasteiger partial charge in [0, 0.05) is 49.1 Å². The lowest BCUT2D eigenvalue weighted by molar-refractivity contribution is -0.113. The molecular weight excluding hydrogens is 434 g/mol. The van der Waals surface area contributed by atoms with Crippen LogP contribution >= 0.6 is 24.0 Å². The van der Waals surface area contributed by atoms with Crippen molar-refractivity contribution in [3.63, 3.8) is 0 Å². The van der Waals surface area contributed by atoms with Crippen LogP contribution in [0.15, 0.2) is 41.2 Å². The van der Waals surface area contributed by atoms with E-state index in [0.717, 1.165) is 36.1 Å². The number of aromatic nitrogens is 1. The molecule has 0 saturated carbocycles. The fourth-order valence-corrected chi connectivity index (χ4v) is 5.57. The molecule has 3 aliphatic heterocycles.